The van der Waals surface area contributed by atoms with E-state index in [-0.39, 0.29) is 18.0 Å². The molecule has 1 heterocycles. The van der Waals surface area contributed by atoms with Crippen molar-refractivity contribution in [1.82, 2.24) is 9.47 Å². The lowest BCUT2D eigenvalue weighted by Gasteiger charge is -2.14. The molecule has 1 amide bonds. The summed E-state index contributed by atoms with van der Waals surface area (Å²) in [6.07, 6.45) is 0. The van der Waals surface area contributed by atoms with Crippen LogP contribution >= 0.6 is 0 Å². The Balaban J connectivity index is 2.58. The van der Waals surface area contributed by atoms with Crippen LogP contribution in [-0.4, -0.2) is 29.5 Å². The Kier molecular flexibility index (Phi) is 3.06. The highest BCUT2D eigenvalue weighted by molar-refractivity contribution is 5.84. The summed E-state index contributed by atoms with van der Waals surface area (Å²) in [6, 6.07) is 8.90. The van der Waals surface area contributed by atoms with Crippen molar-refractivity contribution in [3.8, 4) is 0 Å². The van der Waals surface area contributed by atoms with Gasteiger partial charge in [0.05, 0.1) is 0 Å². The van der Waals surface area contributed by atoms with Crippen molar-refractivity contribution in [2.75, 3.05) is 19.8 Å². The highest BCUT2D eigenvalue weighted by Crippen LogP contribution is 2.13. The van der Waals surface area contributed by atoms with Crippen LogP contribution in [0.4, 0.5) is 5.82 Å². The van der Waals surface area contributed by atoms with Gasteiger partial charge in [-0.2, -0.15) is 0 Å². The molecule has 94 valence electrons. The molecular formula is C13H15N3O2. The van der Waals surface area contributed by atoms with E-state index in [1.54, 1.807) is 32.3 Å². The molecule has 5 heteroatoms. The maximum atomic E-state index is 12.2. The van der Waals surface area contributed by atoms with Gasteiger partial charge in [-0.3, -0.25) is 14.2 Å². The molecule has 0 atom stereocenters. The zero-order valence-corrected chi connectivity index (χ0v) is 10.4. The van der Waals surface area contributed by atoms with E-state index in [1.165, 1.54) is 9.47 Å². The number of rotatable bonds is 2. The average molecular weight is 245 g/mol. The van der Waals surface area contributed by atoms with E-state index in [0.29, 0.717) is 11.2 Å². The number of nitrogens with two attached hydrogens (primary N) is 1. The van der Waals surface area contributed by atoms with E-state index in [2.05, 4.69) is 0 Å². The second kappa shape index (κ2) is 4.52. The van der Waals surface area contributed by atoms with Crippen molar-refractivity contribution in [2.45, 2.75) is 6.54 Å². The first-order valence-electron chi connectivity index (χ1n) is 5.59. The van der Waals surface area contributed by atoms with Crippen LogP contribution in [0.25, 0.3) is 10.8 Å². The number of hydrogen-bond donors (Lipinski definition) is 1. The van der Waals surface area contributed by atoms with E-state index < -0.39 is 0 Å². The van der Waals surface area contributed by atoms with Gasteiger partial charge < -0.3 is 10.6 Å². The van der Waals surface area contributed by atoms with Gasteiger partial charge in [-0.05, 0) is 17.5 Å². The van der Waals surface area contributed by atoms with Crippen LogP contribution < -0.4 is 11.3 Å². The molecule has 2 rings (SSSR count). The van der Waals surface area contributed by atoms with Crippen molar-refractivity contribution in [1.29, 1.82) is 0 Å². The molecule has 0 unspecified atom stereocenters. The molecule has 0 saturated heterocycles. The van der Waals surface area contributed by atoms with Crippen LogP contribution in [0.5, 0.6) is 0 Å². The van der Waals surface area contributed by atoms with Crippen LogP contribution in [0.15, 0.2) is 35.1 Å². The van der Waals surface area contributed by atoms with E-state index in [0.717, 1.165) is 5.39 Å². The fourth-order valence-corrected chi connectivity index (χ4v) is 1.76. The number of nitrogen functional groups attached to an aromatic ring is 1. The Morgan fingerprint density at radius 3 is 2.67 bits per heavy atom. The first-order valence-corrected chi connectivity index (χ1v) is 5.59. The Bertz CT molecular complexity index is 659. The minimum Gasteiger partial charge on any atom is -0.385 e. The maximum Gasteiger partial charge on any atom is 0.260 e. The SMILES string of the molecule is CN(C)C(=O)Cn1c(N)cc2ccccc2c1=O. The number of hydrogen-bond acceptors (Lipinski definition) is 3. The summed E-state index contributed by atoms with van der Waals surface area (Å²) in [5, 5.41) is 1.35. The molecule has 0 spiro atoms. The highest BCUT2D eigenvalue weighted by Gasteiger charge is 2.11. The molecule has 0 aliphatic rings. The summed E-state index contributed by atoms with van der Waals surface area (Å²) in [7, 11) is 3.29. The maximum absolute atomic E-state index is 12.2. The van der Waals surface area contributed by atoms with Gasteiger partial charge in [-0.25, -0.2) is 0 Å². The van der Waals surface area contributed by atoms with E-state index >= 15 is 0 Å². The van der Waals surface area contributed by atoms with Crippen molar-refractivity contribution < 1.29 is 4.79 Å². The molecule has 0 fully saturated rings. The average Bonchev–Trinajstić information content (AvgIpc) is 2.34. The van der Waals surface area contributed by atoms with Crippen molar-refractivity contribution in [3.05, 3.63) is 40.7 Å². The van der Waals surface area contributed by atoms with Gasteiger partial charge in [-0.1, -0.05) is 18.2 Å². The standard InChI is InChI=1S/C13H15N3O2/c1-15(2)12(17)8-16-11(14)7-9-5-3-4-6-10(9)13(16)18/h3-7H,8,14H2,1-2H3. The molecule has 0 aliphatic heterocycles. The molecule has 1 aromatic heterocycles. The summed E-state index contributed by atoms with van der Waals surface area (Å²) < 4.78 is 1.30. The predicted molar refractivity (Wildman–Crippen MR) is 71.3 cm³/mol. The molecule has 1 aromatic carbocycles. The van der Waals surface area contributed by atoms with E-state index in [4.69, 9.17) is 5.73 Å². The molecule has 0 saturated carbocycles. The summed E-state index contributed by atoms with van der Waals surface area (Å²) >= 11 is 0. The number of carbonyl (C=O) groups is 1. The second-order valence-electron chi connectivity index (χ2n) is 4.34. The van der Waals surface area contributed by atoms with Gasteiger partial charge in [0.2, 0.25) is 5.91 Å². The highest BCUT2D eigenvalue weighted by atomic mass is 16.2. The van der Waals surface area contributed by atoms with Gasteiger partial charge in [0.1, 0.15) is 12.4 Å². The number of fused-ring (bicyclic) bond motifs is 1. The zero-order chi connectivity index (χ0) is 13.3. The van der Waals surface area contributed by atoms with Gasteiger partial charge >= 0.3 is 0 Å². The van der Waals surface area contributed by atoms with Crippen LogP contribution in [0.2, 0.25) is 0 Å². The first kappa shape index (κ1) is 12.2. The number of likely N-dealkylation sites (N-methyl/N-ethyl adjacent to an activating group) is 1. The number of anilines is 1. The van der Waals surface area contributed by atoms with Crippen LogP contribution in [0.3, 0.4) is 0 Å². The lowest BCUT2D eigenvalue weighted by atomic mass is 10.1. The molecule has 2 aromatic rings. The Labute approximate surface area is 104 Å². The lowest BCUT2D eigenvalue weighted by Crippen LogP contribution is -2.32. The number of nitrogens with zero attached hydrogens (tertiary/aromatic N) is 2. The van der Waals surface area contributed by atoms with E-state index in [9.17, 15) is 9.59 Å². The topological polar surface area (TPSA) is 68.3 Å². The Morgan fingerprint density at radius 1 is 1.33 bits per heavy atom. The van der Waals surface area contributed by atoms with Gasteiger partial charge in [0, 0.05) is 19.5 Å². The molecule has 0 bridgehead atoms. The normalized spacial score (nSPS) is 10.6. The summed E-state index contributed by atoms with van der Waals surface area (Å²) in [6.45, 7) is -0.0392. The van der Waals surface area contributed by atoms with Crippen molar-refractivity contribution in [3.63, 3.8) is 0 Å². The molecule has 5 nitrogen and oxygen atoms in total. The lowest BCUT2D eigenvalue weighted by molar-refractivity contribution is -0.129. The monoisotopic (exact) mass is 245 g/mol. The van der Waals surface area contributed by atoms with Gasteiger partial charge in [0.25, 0.3) is 5.56 Å². The molecule has 2 N–H and O–H groups in total. The fraction of sp³-hybridized carbons (Fsp3) is 0.231. The van der Waals surface area contributed by atoms with Crippen LogP contribution in [0, 0.1) is 0 Å². The summed E-state index contributed by atoms with van der Waals surface area (Å²) in [4.78, 5) is 25.3. The smallest absolute Gasteiger partial charge is 0.260 e. The number of carbonyl (C=O) groups excluding carboxylic acids is 1. The largest absolute Gasteiger partial charge is 0.385 e. The van der Waals surface area contributed by atoms with Crippen LogP contribution in [-0.2, 0) is 11.3 Å². The molecule has 0 aliphatic carbocycles. The first-order chi connectivity index (χ1) is 8.50. The number of benzene rings is 1. The Morgan fingerprint density at radius 2 is 2.00 bits per heavy atom. The van der Waals surface area contributed by atoms with Gasteiger partial charge in [-0.15, -0.1) is 0 Å². The van der Waals surface area contributed by atoms with Crippen molar-refractivity contribution in [2.24, 2.45) is 0 Å². The number of amides is 1. The molecular weight excluding hydrogens is 230 g/mol. The third kappa shape index (κ3) is 2.07. The van der Waals surface area contributed by atoms with E-state index in [1.807, 2.05) is 12.1 Å². The molecule has 0 radical (unpaired) electrons. The minimum absolute atomic E-state index is 0.0392. The zero-order valence-electron chi connectivity index (χ0n) is 10.4. The van der Waals surface area contributed by atoms with Crippen LogP contribution in [0.1, 0.15) is 0 Å². The van der Waals surface area contributed by atoms with Gasteiger partial charge in [0.15, 0.2) is 0 Å². The fourth-order valence-electron chi connectivity index (χ4n) is 1.76. The number of aromatic nitrogens is 1. The summed E-state index contributed by atoms with van der Waals surface area (Å²) in [5.74, 6) is 0.132. The number of pyridine rings is 1. The second-order valence-corrected chi connectivity index (χ2v) is 4.34. The third-order valence-corrected chi connectivity index (χ3v) is 2.84. The Hall–Kier alpha value is -2.30. The summed E-state index contributed by atoms with van der Waals surface area (Å²) in [5.41, 5.74) is 5.59. The third-order valence-electron chi connectivity index (χ3n) is 2.84. The predicted octanol–water partition coefficient (Wildman–Crippen LogP) is 0.672. The quantitative estimate of drug-likeness (QED) is 0.845. The minimum atomic E-state index is -0.235. The van der Waals surface area contributed by atoms with Crippen molar-refractivity contribution >= 4 is 22.5 Å². The molecule has 18 heavy (non-hydrogen) atoms.